The van der Waals surface area contributed by atoms with Crippen LogP contribution in [0.5, 0.6) is 0 Å². The van der Waals surface area contributed by atoms with Crippen LogP contribution in [0.1, 0.15) is 6.92 Å². The number of anilines is 2. The predicted molar refractivity (Wildman–Crippen MR) is 62.1 cm³/mol. The largest absolute Gasteiger partial charge is 0.397 e. The molecule has 0 bridgehead atoms. The second-order valence-corrected chi connectivity index (χ2v) is 4.71. The number of hydrogen-bond donors (Lipinski definition) is 3. The van der Waals surface area contributed by atoms with Crippen LogP contribution in [-0.2, 0) is 10.2 Å². The minimum atomic E-state index is -3.59. The Balaban J connectivity index is 2.99. The smallest absolute Gasteiger partial charge is 0.299 e. The van der Waals surface area contributed by atoms with Gasteiger partial charge >= 0.3 is 0 Å². The van der Waals surface area contributed by atoms with Crippen LogP contribution in [0.3, 0.4) is 0 Å². The SMILES string of the molecule is CCNS(=O)(=O)Nc1c(N)cccc1Cl. The van der Waals surface area contributed by atoms with Gasteiger partial charge in [0.05, 0.1) is 16.4 Å². The van der Waals surface area contributed by atoms with E-state index >= 15 is 0 Å². The van der Waals surface area contributed by atoms with Crippen molar-refractivity contribution in [2.24, 2.45) is 0 Å². The second kappa shape index (κ2) is 4.69. The van der Waals surface area contributed by atoms with Crippen molar-refractivity contribution >= 4 is 33.2 Å². The fourth-order valence-electron chi connectivity index (χ4n) is 1.01. The zero-order valence-electron chi connectivity index (χ0n) is 8.12. The number of rotatable bonds is 4. The Bertz CT molecular complexity index is 427. The Labute approximate surface area is 93.8 Å². The topological polar surface area (TPSA) is 84.2 Å². The zero-order chi connectivity index (χ0) is 11.5. The van der Waals surface area contributed by atoms with Crippen LogP contribution in [0.2, 0.25) is 5.02 Å². The highest BCUT2D eigenvalue weighted by Crippen LogP contribution is 2.28. The van der Waals surface area contributed by atoms with Gasteiger partial charge in [0.2, 0.25) is 0 Å². The van der Waals surface area contributed by atoms with Gasteiger partial charge in [0, 0.05) is 6.54 Å². The van der Waals surface area contributed by atoms with Crippen LogP contribution in [0.15, 0.2) is 18.2 Å². The van der Waals surface area contributed by atoms with Crippen LogP contribution in [0.4, 0.5) is 11.4 Å². The first-order valence-corrected chi connectivity index (χ1v) is 6.14. The standard InChI is InChI=1S/C8H12ClN3O2S/c1-2-11-15(13,14)12-8-6(9)4-3-5-7(8)10/h3-5,11-12H,2,10H2,1H3. The fourth-order valence-corrected chi connectivity index (χ4v) is 2.24. The highest BCUT2D eigenvalue weighted by atomic mass is 35.5. The Morgan fingerprint density at radius 3 is 2.67 bits per heavy atom. The van der Waals surface area contributed by atoms with Gasteiger partial charge in [-0.05, 0) is 12.1 Å². The number of nitrogens with two attached hydrogens (primary N) is 1. The van der Waals surface area contributed by atoms with E-state index in [1.54, 1.807) is 25.1 Å². The highest BCUT2D eigenvalue weighted by Gasteiger charge is 2.12. The van der Waals surface area contributed by atoms with E-state index in [1.165, 1.54) is 0 Å². The monoisotopic (exact) mass is 249 g/mol. The number of para-hydroxylation sites is 1. The number of halogens is 1. The summed E-state index contributed by atoms with van der Waals surface area (Å²) in [6, 6.07) is 4.76. The molecule has 0 aliphatic rings. The van der Waals surface area contributed by atoms with Gasteiger partial charge in [-0.3, -0.25) is 4.72 Å². The lowest BCUT2D eigenvalue weighted by Gasteiger charge is -2.11. The molecule has 0 aliphatic heterocycles. The molecule has 0 saturated carbocycles. The summed E-state index contributed by atoms with van der Waals surface area (Å²) in [7, 11) is -3.59. The van der Waals surface area contributed by atoms with E-state index in [2.05, 4.69) is 9.44 Å². The first kappa shape index (κ1) is 12.1. The van der Waals surface area contributed by atoms with E-state index in [1.807, 2.05) is 0 Å². The van der Waals surface area contributed by atoms with Gasteiger partial charge in [-0.1, -0.05) is 24.6 Å². The molecule has 0 amide bonds. The average molecular weight is 250 g/mol. The maximum Gasteiger partial charge on any atom is 0.299 e. The Morgan fingerprint density at radius 2 is 2.13 bits per heavy atom. The molecular weight excluding hydrogens is 238 g/mol. The molecule has 1 aromatic rings. The lowest BCUT2D eigenvalue weighted by Crippen LogP contribution is -2.30. The highest BCUT2D eigenvalue weighted by molar-refractivity contribution is 7.90. The third kappa shape index (κ3) is 3.26. The quantitative estimate of drug-likeness (QED) is 0.701. The normalized spacial score (nSPS) is 11.3. The molecule has 0 atom stereocenters. The molecule has 0 unspecified atom stereocenters. The molecule has 0 heterocycles. The lowest BCUT2D eigenvalue weighted by atomic mass is 10.3. The van der Waals surface area contributed by atoms with Crippen LogP contribution in [0, 0.1) is 0 Å². The summed E-state index contributed by atoms with van der Waals surface area (Å²) < 4.78 is 27.3. The Hall–Kier alpha value is -0.980. The summed E-state index contributed by atoms with van der Waals surface area (Å²) in [6.45, 7) is 1.97. The maximum absolute atomic E-state index is 11.4. The van der Waals surface area contributed by atoms with Gasteiger partial charge in [-0.25, -0.2) is 0 Å². The van der Waals surface area contributed by atoms with E-state index in [9.17, 15) is 8.42 Å². The summed E-state index contributed by atoms with van der Waals surface area (Å²) >= 11 is 5.80. The van der Waals surface area contributed by atoms with Crippen molar-refractivity contribution in [2.75, 3.05) is 17.0 Å². The number of hydrogen-bond acceptors (Lipinski definition) is 3. The van der Waals surface area contributed by atoms with Crippen molar-refractivity contribution < 1.29 is 8.42 Å². The number of benzene rings is 1. The third-order valence-corrected chi connectivity index (χ3v) is 3.07. The van der Waals surface area contributed by atoms with Gasteiger partial charge in [-0.2, -0.15) is 13.1 Å². The molecule has 1 aromatic carbocycles. The Morgan fingerprint density at radius 1 is 1.47 bits per heavy atom. The summed E-state index contributed by atoms with van der Waals surface area (Å²) in [5.74, 6) is 0. The van der Waals surface area contributed by atoms with Gasteiger partial charge in [-0.15, -0.1) is 0 Å². The van der Waals surface area contributed by atoms with Crippen LogP contribution < -0.4 is 15.2 Å². The number of nitrogen functional groups attached to an aromatic ring is 1. The summed E-state index contributed by atoms with van der Waals surface area (Å²) in [5, 5.41) is 0.261. The summed E-state index contributed by atoms with van der Waals surface area (Å²) in [6.07, 6.45) is 0. The van der Waals surface area contributed by atoms with E-state index in [4.69, 9.17) is 17.3 Å². The van der Waals surface area contributed by atoms with Gasteiger partial charge in [0.15, 0.2) is 0 Å². The molecule has 1 rings (SSSR count). The molecule has 4 N–H and O–H groups in total. The van der Waals surface area contributed by atoms with E-state index in [0.717, 1.165) is 0 Å². The van der Waals surface area contributed by atoms with Crippen molar-refractivity contribution in [3.05, 3.63) is 23.2 Å². The molecule has 0 saturated heterocycles. The predicted octanol–water partition coefficient (Wildman–Crippen LogP) is 1.19. The second-order valence-electron chi connectivity index (χ2n) is 2.81. The average Bonchev–Trinajstić information content (AvgIpc) is 2.11. The van der Waals surface area contributed by atoms with Crippen molar-refractivity contribution in [3.63, 3.8) is 0 Å². The maximum atomic E-state index is 11.4. The van der Waals surface area contributed by atoms with Gasteiger partial charge < -0.3 is 5.73 Å². The van der Waals surface area contributed by atoms with E-state index in [0.29, 0.717) is 6.54 Å². The molecule has 5 nitrogen and oxygen atoms in total. The van der Waals surface area contributed by atoms with Crippen LogP contribution >= 0.6 is 11.6 Å². The minimum Gasteiger partial charge on any atom is -0.397 e. The molecule has 0 spiro atoms. The molecule has 7 heteroatoms. The van der Waals surface area contributed by atoms with Crippen LogP contribution in [0.25, 0.3) is 0 Å². The van der Waals surface area contributed by atoms with E-state index in [-0.39, 0.29) is 16.4 Å². The minimum absolute atomic E-state index is 0.195. The van der Waals surface area contributed by atoms with Crippen molar-refractivity contribution in [2.45, 2.75) is 6.92 Å². The van der Waals surface area contributed by atoms with Crippen molar-refractivity contribution in [3.8, 4) is 0 Å². The van der Waals surface area contributed by atoms with Crippen molar-refractivity contribution in [1.29, 1.82) is 0 Å². The molecule has 0 radical (unpaired) electrons. The zero-order valence-corrected chi connectivity index (χ0v) is 9.69. The summed E-state index contributed by atoms with van der Waals surface area (Å²) in [4.78, 5) is 0. The first-order valence-electron chi connectivity index (χ1n) is 4.27. The van der Waals surface area contributed by atoms with Gasteiger partial charge in [0.1, 0.15) is 0 Å². The molecule has 0 aliphatic carbocycles. The third-order valence-electron chi connectivity index (χ3n) is 1.62. The fraction of sp³-hybridized carbons (Fsp3) is 0.250. The summed E-state index contributed by atoms with van der Waals surface area (Å²) in [5.41, 5.74) is 6.06. The Kier molecular flexibility index (Phi) is 3.78. The van der Waals surface area contributed by atoms with Gasteiger partial charge in [0.25, 0.3) is 10.2 Å². The van der Waals surface area contributed by atoms with Crippen LogP contribution in [-0.4, -0.2) is 15.0 Å². The van der Waals surface area contributed by atoms with E-state index < -0.39 is 10.2 Å². The molecule has 0 fully saturated rings. The molecular formula is C8H12ClN3O2S. The lowest BCUT2D eigenvalue weighted by molar-refractivity contribution is 0.589. The first-order chi connectivity index (χ1) is 6.96. The van der Waals surface area contributed by atoms with Crippen molar-refractivity contribution in [1.82, 2.24) is 4.72 Å². The molecule has 84 valence electrons. The molecule has 0 aromatic heterocycles. The molecule has 15 heavy (non-hydrogen) atoms. The number of nitrogens with one attached hydrogen (secondary N) is 2.